The number of carboxylic acids is 1. The highest BCUT2D eigenvalue weighted by Crippen LogP contribution is 2.19. The molecule has 0 saturated heterocycles. The lowest BCUT2D eigenvalue weighted by Crippen LogP contribution is -2.60. The Hall–Kier alpha value is -4.01. The first-order chi connectivity index (χ1) is 17.4. The van der Waals surface area contributed by atoms with Gasteiger partial charge in [-0.2, -0.15) is 0 Å². The number of nitrogens with two attached hydrogens (primary N) is 2. The number of hydrogen-bond acceptors (Lipinski definition) is 8. The van der Waals surface area contributed by atoms with Crippen LogP contribution in [0.2, 0.25) is 0 Å². The number of para-hydroxylation sites is 1. The predicted octanol–water partition coefficient (Wildman–Crippen LogP) is -2.78. The quantitative estimate of drug-likeness (QED) is 0.125. The highest BCUT2D eigenvalue weighted by atomic mass is 16.4. The molecule has 2 aromatic rings. The molecule has 1 aromatic heterocycles. The Morgan fingerprint density at radius 1 is 1.00 bits per heavy atom. The van der Waals surface area contributed by atoms with E-state index in [1.807, 2.05) is 23.5 Å². The van der Waals surface area contributed by atoms with Crippen LogP contribution in [0.25, 0.3) is 10.9 Å². The molecular weight excluding hydrogens is 488 g/mol. The standard InChI is InChI=1S/C23H32N6O8/c1-11(31)19(22(35)28-17(10-30)23(36)37)29-21(34)16(27-20(33)14(24)6-7-18(25)32)8-12-9-26-15-5-3-2-4-13(12)15/h2-5,9,11,14,16-17,19,26,30-31H,6-8,10,24H2,1H3,(H2,25,32)(H,27,33)(H,28,35)(H,29,34)(H,36,37). The Kier molecular flexibility index (Phi) is 10.5. The summed E-state index contributed by atoms with van der Waals surface area (Å²) in [4.78, 5) is 63.7. The number of fused-ring (bicyclic) bond motifs is 1. The molecule has 11 N–H and O–H groups in total. The minimum Gasteiger partial charge on any atom is -0.480 e. The second-order valence-electron chi connectivity index (χ2n) is 8.55. The molecule has 14 heteroatoms. The van der Waals surface area contributed by atoms with Gasteiger partial charge < -0.3 is 47.7 Å². The fraction of sp³-hybridized carbons (Fsp3) is 0.435. The van der Waals surface area contributed by atoms with Crippen LogP contribution in [0.5, 0.6) is 0 Å². The smallest absolute Gasteiger partial charge is 0.328 e. The molecule has 0 aliphatic rings. The summed E-state index contributed by atoms with van der Waals surface area (Å²) in [5.74, 6) is -4.83. The summed E-state index contributed by atoms with van der Waals surface area (Å²) < 4.78 is 0. The lowest BCUT2D eigenvalue weighted by molar-refractivity contribution is -0.144. The average molecular weight is 521 g/mol. The van der Waals surface area contributed by atoms with Crippen molar-refractivity contribution in [2.45, 2.75) is 56.5 Å². The van der Waals surface area contributed by atoms with Crippen LogP contribution >= 0.6 is 0 Å². The van der Waals surface area contributed by atoms with Gasteiger partial charge in [-0.3, -0.25) is 19.2 Å². The molecule has 0 aliphatic heterocycles. The number of aromatic amines is 1. The maximum absolute atomic E-state index is 13.2. The topological polar surface area (TPSA) is 250 Å². The number of carbonyl (C=O) groups excluding carboxylic acids is 4. The summed E-state index contributed by atoms with van der Waals surface area (Å²) in [5.41, 5.74) is 12.4. The van der Waals surface area contributed by atoms with E-state index in [9.17, 15) is 29.1 Å². The van der Waals surface area contributed by atoms with Crippen molar-refractivity contribution in [3.05, 3.63) is 36.0 Å². The molecule has 2 rings (SSSR count). The predicted molar refractivity (Wildman–Crippen MR) is 131 cm³/mol. The van der Waals surface area contributed by atoms with Gasteiger partial charge in [0, 0.05) is 29.9 Å². The number of aliphatic carboxylic acids is 1. The molecule has 5 atom stereocenters. The van der Waals surface area contributed by atoms with Crippen LogP contribution < -0.4 is 27.4 Å². The van der Waals surface area contributed by atoms with Gasteiger partial charge in [-0.25, -0.2) is 4.79 Å². The van der Waals surface area contributed by atoms with Gasteiger partial charge >= 0.3 is 5.97 Å². The van der Waals surface area contributed by atoms with Gasteiger partial charge in [-0.15, -0.1) is 0 Å². The lowest BCUT2D eigenvalue weighted by atomic mass is 10.0. The van der Waals surface area contributed by atoms with E-state index < -0.39 is 66.5 Å². The Bertz CT molecular complexity index is 1130. The maximum Gasteiger partial charge on any atom is 0.328 e. The zero-order valence-electron chi connectivity index (χ0n) is 20.1. The van der Waals surface area contributed by atoms with Crippen molar-refractivity contribution in [2.24, 2.45) is 11.5 Å². The number of amides is 4. The second-order valence-corrected chi connectivity index (χ2v) is 8.55. The summed E-state index contributed by atoms with van der Waals surface area (Å²) in [6.45, 7) is 0.288. The van der Waals surface area contributed by atoms with Crippen LogP contribution in [0.4, 0.5) is 0 Å². The fourth-order valence-electron chi connectivity index (χ4n) is 3.54. The van der Waals surface area contributed by atoms with E-state index in [0.717, 1.165) is 10.9 Å². The Morgan fingerprint density at radius 3 is 2.24 bits per heavy atom. The first-order valence-corrected chi connectivity index (χ1v) is 11.5. The summed E-state index contributed by atoms with van der Waals surface area (Å²) in [7, 11) is 0. The molecule has 4 amide bonds. The van der Waals surface area contributed by atoms with Crippen molar-refractivity contribution < 1.29 is 39.3 Å². The SMILES string of the molecule is CC(O)C(NC(=O)C(Cc1c[nH]c2ccccc12)NC(=O)C(N)CCC(N)=O)C(=O)NC(CO)C(=O)O. The number of rotatable bonds is 14. The molecule has 0 aliphatic carbocycles. The highest BCUT2D eigenvalue weighted by Gasteiger charge is 2.33. The Balaban J connectivity index is 2.27. The number of aliphatic hydroxyl groups excluding tert-OH is 2. The highest BCUT2D eigenvalue weighted by molar-refractivity contribution is 5.95. The molecule has 14 nitrogen and oxygen atoms in total. The van der Waals surface area contributed by atoms with Gasteiger partial charge in [-0.1, -0.05) is 18.2 Å². The van der Waals surface area contributed by atoms with E-state index in [1.165, 1.54) is 6.92 Å². The van der Waals surface area contributed by atoms with E-state index in [-0.39, 0.29) is 19.3 Å². The number of nitrogens with one attached hydrogen (secondary N) is 4. The molecule has 1 heterocycles. The number of carboxylic acid groups (broad SMARTS) is 1. The van der Waals surface area contributed by atoms with Crippen molar-refractivity contribution in [3.8, 4) is 0 Å². The number of primary amides is 1. The van der Waals surface area contributed by atoms with Crippen molar-refractivity contribution in [2.75, 3.05) is 6.61 Å². The molecule has 37 heavy (non-hydrogen) atoms. The third-order valence-electron chi connectivity index (χ3n) is 5.63. The molecule has 0 radical (unpaired) electrons. The van der Waals surface area contributed by atoms with Crippen LogP contribution in [0.15, 0.2) is 30.5 Å². The Labute approximate surface area is 211 Å². The molecule has 0 bridgehead atoms. The van der Waals surface area contributed by atoms with Gasteiger partial charge in [0.1, 0.15) is 18.1 Å². The van der Waals surface area contributed by atoms with Crippen molar-refractivity contribution >= 4 is 40.5 Å². The van der Waals surface area contributed by atoms with Gasteiger partial charge in [0.2, 0.25) is 23.6 Å². The van der Waals surface area contributed by atoms with E-state index in [1.54, 1.807) is 12.3 Å². The number of aliphatic hydroxyl groups is 2. The van der Waals surface area contributed by atoms with Crippen molar-refractivity contribution in [1.82, 2.24) is 20.9 Å². The molecule has 202 valence electrons. The normalized spacial score (nSPS) is 15.1. The molecule has 1 aromatic carbocycles. The van der Waals surface area contributed by atoms with Gasteiger partial charge in [-0.05, 0) is 25.0 Å². The monoisotopic (exact) mass is 520 g/mol. The van der Waals surface area contributed by atoms with E-state index >= 15 is 0 Å². The van der Waals surface area contributed by atoms with Crippen LogP contribution in [0, 0.1) is 0 Å². The molecule has 0 saturated carbocycles. The zero-order valence-corrected chi connectivity index (χ0v) is 20.1. The molecule has 0 fully saturated rings. The van der Waals surface area contributed by atoms with E-state index in [4.69, 9.17) is 21.7 Å². The largest absolute Gasteiger partial charge is 0.480 e. The number of aromatic nitrogens is 1. The molecule has 5 unspecified atom stereocenters. The first-order valence-electron chi connectivity index (χ1n) is 11.5. The summed E-state index contributed by atoms with van der Waals surface area (Å²) in [6, 6.07) is 1.55. The van der Waals surface area contributed by atoms with Gasteiger partial charge in [0.05, 0.1) is 18.8 Å². The molecular formula is C23H32N6O8. The zero-order chi connectivity index (χ0) is 27.7. The fourth-order valence-corrected chi connectivity index (χ4v) is 3.54. The van der Waals surface area contributed by atoms with Crippen LogP contribution in [0.1, 0.15) is 25.3 Å². The maximum atomic E-state index is 13.2. The van der Waals surface area contributed by atoms with E-state index in [0.29, 0.717) is 5.56 Å². The second kappa shape index (κ2) is 13.3. The lowest BCUT2D eigenvalue weighted by Gasteiger charge is -2.26. The summed E-state index contributed by atoms with van der Waals surface area (Å²) in [6.07, 6.45) is -0.0411. The van der Waals surface area contributed by atoms with Gasteiger partial charge in [0.25, 0.3) is 0 Å². The Morgan fingerprint density at radius 2 is 1.65 bits per heavy atom. The third kappa shape index (κ3) is 8.27. The average Bonchev–Trinajstić information content (AvgIpc) is 3.25. The number of carbonyl (C=O) groups is 5. The van der Waals surface area contributed by atoms with Crippen molar-refractivity contribution in [3.63, 3.8) is 0 Å². The minimum absolute atomic E-state index is 0.0351. The van der Waals surface area contributed by atoms with Crippen LogP contribution in [-0.4, -0.2) is 86.8 Å². The van der Waals surface area contributed by atoms with Crippen LogP contribution in [0.3, 0.4) is 0 Å². The van der Waals surface area contributed by atoms with E-state index in [2.05, 4.69) is 15.6 Å². The summed E-state index contributed by atoms with van der Waals surface area (Å²) in [5, 5.41) is 35.9. The minimum atomic E-state index is -1.66. The van der Waals surface area contributed by atoms with Crippen molar-refractivity contribution in [1.29, 1.82) is 0 Å². The number of hydrogen-bond donors (Lipinski definition) is 9. The third-order valence-corrected chi connectivity index (χ3v) is 5.63. The van der Waals surface area contributed by atoms with Gasteiger partial charge in [0.15, 0.2) is 0 Å². The first kappa shape index (κ1) is 29.2. The number of H-pyrrole nitrogens is 1. The summed E-state index contributed by atoms with van der Waals surface area (Å²) >= 11 is 0. The molecule has 0 spiro atoms. The van der Waals surface area contributed by atoms with Crippen LogP contribution in [-0.2, 0) is 30.4 Å². The number of benzene rings is 1.